The maximum atomic E-state index is 11.7. The fraction of sp³-hybridized carbons (Fsp3) is 0.611. The first-order chi connectivity index (χ1) is 10.6. The number of nitrogens with zero attached hydrogens (tertiary/aromatic N) is 1. The van der Waals surface area contributed by atoms with Gasteiger partial charge in [0.05, 0.1) is 12.5 Å². The van der Waals surface area contributed by atoms with E-state index in [1.807, 2.05) is 0 Å². The van der Waals surface area contributed by atoms with Gasteiger partial charge in [-0.25, -0.2) is 0 Å². The van der Waals surface area contributed by atoms with Gasteiger partial charge in [0.15, 0.2) is 0 Å². The second-order valence-corrected chi connectivity index (χ2v) is 6.15. The number of aliphatic hydroxyl groups is 1. The molecule has 22 heavy (non-hydrogen) atoms. The first-order valence-corrected chi connectivity index (χ1v) is 8.24. The number of carbonyl (C=O) groups is 1. The Bertz CT molecular complexity index is 466. The molecule has 1 atom stereocenters. The van der Waals surface area contributed by atoms with Gasteiger partial charge in [-0.3, -0.25) is 9.69 Å². The van der Waals surface area contributed by atoms with Crippen LogP contribution in [0.5, 0.6) is 0 Å². The molecule has 1 fully saturated rings. The van der Waals surface area contributed by atoms with Crippen molar-refractivity contribution in [2.45, 2.75) is 58.2 Å². The van der Waals surface area contributed by atoms with Gasteiger partial charge in [-0.05, 0) is 37.3 Å². The van der Waals surface area contributed by atoms with Crippen molar-refractivity contribution in [2.75, 3.05) is 13.2 Å². The third kappa shape index (κ3) is 5.78. The Labute approximate surface area is 133 Å². The molecule has 0 heterocycles. The number of ether oxygens (including phenoxy) is 1. The molecule has 1 N–H and O–H groups in total. The van der Waals surface area contributed by atoms with Gasteiger partial charge in [-0.2, -0.15) is 0 Å². The molecular weight excluding hydrogens is 278 g/mol. The van der Waals surface area contributed by atoms with Gasteiger partial charge in [0, 0.05) is 19.1 Å². The predicted octanol–water partition coefficient (Wildman–Crippen LogP) is 2.53. The first kappa shape index (κ1) is 17.0. The van der Waals surface area contributed by atoms with E-state index >= 15 is 0 Å². The van der Waals surface area contributed by atoms with Crippen molar-refractivity contribution >= 4 is 5.97 Å². The van der Waals surface area contributed by atoms with Crippen LogP contribution in [0.3, 0.4) is 0 Å². The largest absolute Gasteiger partial charge is 0.463 e. The lowest BCUT2D eigenvalue weighted by molar-refractivity contribution is -0.146. The van der Waals surface area contributed by atoms with E-state index in [0.717, 1.165) is 19.5 Å². The Morgan fingerprint density at radius 1 is 1.32 bits per heavy atom. The summed E-state index contributed by atoms with van der Waals surface area (Å²) in [6, 6.07) is 9.32. The van der Waals surface area contributed by atoms with Crippen LogP contribution in [0.2, 0.25) is 0 Å². The molecule has 0 radical (unpaired) electrons. The lowest BCUT2D eigenvalue weighted by Crippen LogP contribution is -2.29. The monoisotopic (exact) mass is 305 g/mol. The van der Waals surface area contributed by atoms with E-state index in [-0.39, 0.29) is 12.6 Å². The summed E-state index contributed by atoms with van der Waals surface area (Å²) < 4.78 is 5.02. The second kappa shape index (κ2) is 8.30. The molecule has 0 unspecified atom stereocenters. The van der Waals surface area contributed by atoms with Crippen LogP contribution in [-0.2, 0) is 22.5 Å². The molecule has 0 bridgehead atoms. The Hall–Kier alpha value is -1.39. The quantitative estimate of drug-likeness (QED) is 0.712. The molecule has 0 aromatic heterocycles. The summed E-state index contributed by atoms with van der Waals surface area (Å²) in [6.45, 7) is 5.46. The zero-order valence-electron chi connectivity index (χ0n) is 13.6. The number of esters is 1. The summed E-state index contributed by atoms with van der Waals surface area (Å²) in [7, 11) is 0. The van der Waals surface area contributed by atoms with Crippen molar-refractivity contribution in [3.8, 4) is 0 Å². The van der Waals surface area contributed by atoms with Gasteiger partial charge >= 0.3 is 5.97 Å². The van der Waals surface area contributed by atoms with Gasteiger partial charge in [-0.15, -0.1) is 0 Å². The van der Waals surface area contributed by atoms with E-state index < -0.39 is 6.10 Å². The first-order valence-electron chi connectivity index (χ1n) is 8.24. The molecule has 1 aromatic rings. The maximum Gasteiger partial charge on any atom is 0.307 e. The SMILES string of the molecule is CCc1ccc(CN(CCC(=O)OC[C@@H](C)O)C2CC2)cc1. The van der Waals surface area contributed by atoms with Crippen molar-refractivity contribution in [3.63, 3.8) is 0 Å². The number of carbonyl (C=O) groups excluding carboxylic acids is 1. The van der Waals surface area contributed by atoms with Crippen molar-refractivity contribution in [1.29, 1.82) is 0 Å². The van der Waals surface area contributed by atoms with Crippen LogP contribution in [0.1, 0.15) is 44.2 Å². The maximum absolute atomic E-state index is 11.7. The van der Waals surface area contributed by atoms with Gasteiger partial charge in [-0.1, -0.05) is 31.2 Å². The normalized spacial score (nSPS) is 15.8. The van der Waals surface area contributed by atoms with E-state index in [1.165, 1.54) is 24.0 Å². The number of hydrogen-bond acceptors (Lipinski definition) is 4. The van der Waals surface area contributed by atoms with Crippen LogP contribution >= 0.6 is 0 Å². The third-order valence-electron chi connectivity index (χ3n) is 3.97. The number of aryl methyl sites for hydroxylation is 1. The van der Waals surface area contributed by atoms with E-state index in [0.29, 0.717) is 12.5 Å². The highest BCUT2D eigenvalue weighted by molar-refractivity contribution is 5.69. The minimum atomic E-state index is -0.597. The summed E-state index contributed by atoms with van der Waals surface area (Å²) in [5, 5.41) is 9.13. The number of hydrogen-bond donors (Lipinski definition) is 1. The highest BCUT2D eigenvalue weighted by atomic mass is 16.5. The third-order valence-corrected chi connectivity index (χ3v) is 3.97. The molecular formula is C18H27NO3. The minimum Gasteiger partial charge on any atom is -0.463 e. The predicted molar refractivity (Wildman–Crippen MR) is 86.5 cm³/mol. The smallest absolute Gasteiger partial charge is 0.307 e. The van der Waals surface area contributed by atoms with E-state index in [9.17, 15) is 4.79 Å². The van der Waals surface area contributed by atoms with E-state index in [2.05, 4.69) is 36.1 Å². The van der Waals surface area contributed by atoms with Crippen molar-refractivity contribution < 1.29 is 14.6 Å². The summed E-state index contributed by atoms with van der Waals surface area (Å²) in [6.07, 6.45) is 3.28. The second-order valence-electron chi connectivity index (χ2n) is 6.15. The molecule has 1 aliphatic carbocycles. The fourth-order valence-corrected chi connectivity index (χ4v) is 2.47. The topological polar surface area (TPSA) is 49.8 Å². The average molecular weight is 305 g/mol. The van der Waals surface area contributed by atoms with Gasteiger partial charge in [0.25, 0.3) is 0 Å². The fourth-order valence-electron chi connectivity index (χ4n) is 2.47. The molecule has 0 saturated heterocycles. The zero-order valence-corrected chi connectivity index (χ0v) is 13.6. The van der Waals surface area contributed by atoms with Crippen LogP contribution < -0.4 is 0 Å². The Morgan fingerprint density at radius 3 is 2.50 bits per heavy atom. The van der Waals surface area contributed by atoms with Crippen molar-refractivity contribution in [3.05, 3.63) is 35.4 Å². The highest BCUT2D eigenvalue weighted by Crippen LogP contribution is 2.28. The lowest BCUT2D eigenvalue weighted by atomic mass is 10.1. The van der Waals surface area contributed by atoms with E-state index in [1.54, 1.807) is 6.92 Å². The Kier molecular flexibility index (Phi) is 6.40. The molecule has 1 aliphatic rings. The standard InChI is InChI=1S/C18H27NO3/c1-3-15-4-6-16(7-5-15)12-19(17-8-9-17)11-10-18(21)22-13-14(2)20/h4-7,14,17,20H,3,8-13H2,1-2H3/t14-/m1/s1. The molecule has 0 spiro atoms. The van der Waals surface area contributed by atoms with Gasteiger partial charge in [0.1, 0.15) is 6.61 Å². The van der Waals surface area contributed by atoms with E-state index in [4.69, 9.17) is 9.84 Å². The van der Waals surface area contributed by atoms with Gasteiger partial charge in [0.2, 0.25) is 0 Å². The summed E-state index contributed by atoms with van der Waals surface area (Å²) in [4.78, 5) is 14.0. The van der Waals surface area contributed by atoms with Crippen molar-refractivity contribution in [1.82, 2.24) is 4.90 Å². The summed E-state index contributed by atoms with van der Waals surface area (Å²) >= 11 is 0. The van der Waals surface area contributed by atoms with Crippen LogP contribution in [-0.4, -0.2) is 41.3 Å². The molecule has 1 aromatic carbocycles. The Balaban J connectivity index is 1.81. The molecule has 0 amide bonds. The Morgan fingerprint density at radius 2 is 1.95 bits per heavy atom. The van der Waals surface area contributed by atoms with Gasteiger partial charge < -0.3 is 9.84 Å². The molecule has 4 heteroatoms. The molecule has 122 valence electrons. The van der Waals surface area contributed by atoms with Crippen molar-refractivity contribution in [2.24, 2.45) is 0 Å². The lowest BCUT2D eigenvalue weighted by Gasteiger charge is -2.22. The average Bonchev–Trinajstić information content (AvgIpc) is 3.34. The number of rotatable bonds is 9. The van der Waals surface area contributed by atoms with Crippen LogP contribution in [0.25, 0.3) is 0 Å². The summed E-state index contributed by atoms with van der Waals surface area (Å²) in [5.74, 6) is -0.229. The highest BCUT2D eigenvalue weighted by Gasteiger charge is 2.29. The number of aliphatic hydroxyl groups excluding tert-OH is 1. The molecule has 2 rings (SSSR count). The number of benzene rings is 1. The van der Waals surface area contributed by atoms with Crippen LogP contribution in [0.15, 0.2) is 24.3 Å². The molecule has 4 nitrogen and oxygen atoms in total. The van der Waals surface area contributed by atoms with Crippen LogP contribution in [0.4, 0.5) is 0 Å². The van der Waals surface area contributed by atoms with Crippen LogP contribution in [0, 0.1) is 0 Å². The summed E-state index contributed by atoms with van der Waals surface area (Å²) in [5.41, 5.74) is 2.64. The minimum absolute atomic E-state index is 0.0841. The zero-order chi connectivity index (χ0) is 15.9. The molecule has 1 saturated carbocycles. The molecule has 0 aliphatic heterocycles.